The van der Waals surface area contributed by atoms with Crippen LogP contribution in [0.5, 0.6) is 0 Å². The van der Waals surface area contributed by atoms with E-state index in [2.05, 4.69) is 5.32 Å². The Morgan fingerprint density at radius 3 is 2.71 bits per heavy atom. The predicted molar refractivity (Wildman–Crippen MR) is 63.2 cm³/mol. The molecule has 2 atom stereocenters. The van der Waals surface area contributed by atoms with Gasteiger partial charge in [0.1, 0.15) is 5.54 Å². The molecule has 0 aromatic carbocycles. The molecule has 5 heteroatoms. The minimum Gasteiger partial charge on any atom is -0.342 e. The van der Waals surface area contributed by atoms with Crippen molar-refractivity contribution < 1.29 is 14.0 Å². The van der Waals surface area contributed by atoms with Gasteiger partial charge >= 0.3 is 0 Å². The number of nitrogens with zero attached hydrogens (tertiary/aromatic N) is 1. The summed E-state index contributed by atoms with van der Waals surface area (Å²) in [6.45, 7) is 5.36. The molecule has 0 spiro atoms. The van der Waals surface area contributed by atoms with Crippen LogP contribution in [0.2, 0.25) is 0 Å². The van der Waals surface area contributed by atoms with Crippen LogP contribution in [-0.2, 0) is 9.59 Å². The van der Waals surface area contributed by atoms with Gasteiger partial charge in [-0.25, -0.2) is 0 Å². The average Bonchev–Trinajstić information content (AvgIpc) is 2.35. The van der Waals surface area contributed by atoms with Crippen LogP contribution in [0.25, 0.3) is 0 Å². The zero-order valence-corrected chi connectivity index (χ0v) is 10.8. The minimum atomic E-state index is -0.849. The first kappa shape index (κ1) is 13.9. The van der Waals surface area contributed by atoms with Gasteiger partial charge in [-0.2, -0.15) is 0 Å². The van der Waals surface area contributed by atoms with E-state index in [-0.39, 0.29) is 24.3 Å². The number of hydrogen-bond donors (Lipinski definition) is 1. The molecule has 0 radical (unpaired) electrons. The van der Waals surface area contributed by atoms with Crippen molar-refractivity contribution in [3.63, 3.8) is 0 Å². The van der Waals surface area contributed by atoms with Gasteiger partial charge < -0.3 is 10.2 Å². The average molecular weight is 244 g/mol. The fraction of sp³-hybridized carbons (Fsp3) is 0.833. The topological polar surface area (TPSA) is 49.4 Å². The highest BCUT2D eigenvalue weighted by atomic mass is 19.1. The summed E-state index contributed by atoms with van der Waals surface area (Å²) in [5, 5.41) is 2.77. The van der Waals surface area contributed by atoms with Crippen molar-refractivity contribution in [1.82, 2.24) is 10.2 Å². The van der Waals surface area contributed by atoms with E-state index >= 15 is 0 Å². The third kappa shape index (κ3) is 2.96. The molecule has 1 saturated heterocycles. The lowest BCUT2D eigenvalue weighted by Crippen LogP contribution is -2.55. The van der Waals surface area contributed by atoms with Crippen LogP contribution in [0.15, 0.2) is 0 Å². The van der Waals surface area contributed by atoms with Gasteiger partial charge in [0.25, 0.3) is 0 Å². The largest absolute Gasteiger partial charge is 0.342 e. The van der Waals surface area contributed by atoms with Gasteiger partial charge in [-0.1, -0.05) is 6.92 Å². The Labute approximate surface area is 102 Å². The first-order chi connectivity index (χ1) is 7.94. The van der Waals surface area contributed by atoms with E-state index in [1.165, 1.54) is 0 Å². The molecule has 1 heterocycles. The van der Waals surface area contributed by atoms with Crippen molar-refractivity contribution in [2.75, 3.05) is 13.2 Å². The van der Waals surface area contributed by atoms with Crippen LogP contribution in [0.4, 0.5) is 4.39 Å². The highest BCUT2D eigenvalue weighted by Gasteiger charge is 2.41. The number of halogens is 1. The quantitative estimate of drug-likeness (QED) is 0.809. The van der Waals surface area contributed by atoms with Gasteiger partial charge in [-0.3, -0.25) is 14.0 Å². The summed E-state index contributed by atoms with van der Waals surface area (Å²) < 4.78 is 12.2. The molecule has 0 aromatic rings. The molecule has 2 amide bonds. The van der Waals surface area contributed by atoms with Crippen molar-refractivity contribution in [2.45, 2.75) is 51.6 Å². The summed E-state index contributed by atoms with van der Waals surface area (Å²) in [5.74, 6) is -0.218. The van der Waals surface area contributed by atoms with E-state index in [4.69, 9.17) is 0 Å². The number of rotatable bonds is 4. The normalized spacial score (nSPS) is 30.1. The smallest absolute Gasteiger partial charge is 0.248 e. The van der Waals surface area contributed by atoms with Crippen LogP contribution in [-0.4, -0.2) is 41.5 Å². The molecule has 1 fully saturated rings. The zero-order valence-electron chi connectivity index (χ0n) is 10.8. The molecule has 4 nitrogen and oxygen atoms in total. The number of carbonyl (C=O) groups is 2. The lowest BCUT2D eigenvalue weighted by Gasteiger charge is -2.33. The summed E-state index contributed by atoms with van der Waals surface area (Å²) in [6.07, 6.45) is 1.15. The van der Waals surface area contributed by atoms with Crippen molar-refractivity contribution in [3.8, 4) is 0 Å². The van der Waals surface area contributed by atoms with E-state index in [0.29, 0.717) is 19.4 Å². The molecular weight excluding hydrogens is 223 g/mol. The van der Waals surface area contributed by atoms with Crippen molar-refractivity contribution in [1.29, 1.82) is 0 Å². The molecule has 0 aliphatic carbocycles. The van der Waals surface area contributed by atoms with E-state index in [9.17, 15) is 14.0 Å². The van der Waals surface area contributed by atoms with Crippen LogP contribution in [0.1, 0.15) is 40.0 Å². The fourth-order valence-corrected chi connectivity index (χ4v) is 2.10. The standard InChI is InChI=1S/C12H21FN2O2/c1-4-12(3)11(17)15(7-5-6-13)9(2)8-10(16)14-12/h9H,4-8H2,1-3H3,(H,14,16). The maximum atomic E-state index is 12.3. The van der Waals surface area contributed by atoms with Crippen LogP contribution >= 0.6 is 0 Å². The van der Waals surface area contributed by atoms with E-state index < -0.39 is 12.2 Å². The Kier molecular flexibility index (Phi) is 4.48. The Balaban J connectivity index is 2.93. The molecule has 1 rings (SSSR count). The maximum Gasteiger partial charge on any atom is 0.248 e. The zero-order chi connectivity index (χ0) is 13.1. The van der Waals surface area contributed by atoms with Gasteiger partial charge in [-0.05, 0) is 26.7 Å². The Bertz CT molecular complexity index is 309. The number of amides is 2. The fourth-order valence-electron chi connectivity index (χ4n) is 2.10. The predicted octanol–water partition coefficient (Wildman–Crippen LogP) is 1.25. The summed E-state index contributed by atoms with van der Waals surface area (Å²) in [6, 6.07) is -0.164. The molecule has 1 aliphatic rings. The molecule has 0 bridgehead atoms. The van der Waals surface area contributed by atoms with Crippen LogP contribution in [0.3, 0.4) is 0 Å². The van der Waals surface area contributed by atoms with Crippen LogP contribution in [0, 0.1) is 0 Å². The van der Waals surface area contributed by atoms with Gasteiger partial charge in [0.2, 0.25) is 11.8 Å². The molecular formula is C12H21FN2O2. The lowest BCUT2D eigenvalue weighted by molar-refractivity contribution is -0.139. The van der Waals surface area contributed by atoms with Gasteiger partial charge in [0.05, 0.1) is 6.67 Å². The second-order valence-corrected chi connectivity index (χ2v) is 4.83. The lowest BCUT2D eigenvalue weighted by atomic mass is 9.97. The summed E-state index contributed by atoms with van der Waals surface area (Å²) in [4.78, 5) is 25.6. The molecule has 1 N–H and O–H groups in total. The summed E-state index contributed by atoms with van der Waals surface area (Å²) in [5.41, 5.74) is -0.849. The molecule has 2 unspecified atom stereocenters. The van der Waals surface area contributed by atoms with Crippen molar-refractivity contribution in [2.24, 2.45) is 0 Å². The van der Waals surface area contributed by atoms with Crippen molar-refractivity contribution in [3.05, 3.63) is 0 Å². The Hall–Kier alpha value is -1.13. The number of nitrogens with one attached hydrogen (secondary N) is 1. The number of hydrogen-bond acceptors (Lipinski definition) is 2. The van der Waals surface area contributed by atoms with Crippen LogP contribution < -0.4 is 5.32 Å². The van der Waals surface area contributed by atoms with E-state index in [1.54, 1.807) is 11.8 Å². The number of alkyl halides is 1. The highest BCUT2D eigenvalue weighted by Crippen LogP contribution is 2.21. The molecule has 17 heavy (non-hydrogen) atoms. The Morgan fingerprint density at radius 1 is 1.53 bits per heavy atom. The molecule has 1 aliphatic heterocycles. The van der Waals surface area contributed by atoms with Gasteiger partial charge in [0, 0.05) is 19.0 Å². The SMILES string of the molecule is CCC1(C)NC(=O)CC(C)N(CCCF)C1=O. The highest BCUT2D eigenvalue weighted by molar-refractivity contribution is 5.93. The third-order valence-corrected chi connectivity index (χ3v) is 3.40. The maximum absolute atomic E-state index is 12.3. The first-order valence-corrected chi connectivity index (χ1v) is 6.12. The number of carbonyl (C=O) groups excluding carboxylic acids is 2. The summed E-state index contributed by atoms with van der Waals surface area (Å²) >= 11 is 0. The minimum absolute atomic E-state index is 0.105. The monoisotopic (exact) mass is 244 g/mol. The Morgan fingerprint density at radius 2 is 2.18 bits per heavy atom. The van der Waals surface area contributed by atoms with Gasteiger partial charge in [-0.15, -0.1) is 0 Å². The first-order valence-electron chi connectivity index (χ1n) is 6.12. The summed E-state index contributed by atoms with van der Waals surface area (Å²) in [7, 11) is 0. The second kappa shape index (κ2) is 5.47. The van der Waals surface area contributed by atoms with E-state index in [0.717, 1.165) is 0 Å². The van der Waals surface area contributed by atoms with E-state index in [1.807, 2.05) is 13.8 Å². The molecule has 0 aromatic heterocycles. The second-order valence-electron chi connectivity index (χ2n) is 4.83. The molecule has 98 valence electrons. The van der Waals surface area contributed by atoms with Gasteiger partial charge in [0.15, 0.2) is 0 Å². The molecule has 0 saturated carbocycles. The third-order valence-electron chi connectivity index (χ3n) is 3.40. The van der Waals surface area contributed by atoms with Crippen molar-refractivity contribution >= 4 is 11.8 Å².